The number of amidine groups is 1. The van der Waals surface area contributed by atoms with Crippen LogP contribution < -0.4 is 4.74 Å². The van der Waals surface area contributed by atoms with Gasteiger partial charge in [-0.3, -0.25) is 23.8 Å². The van der Waals surface area contributed by atoms with Crippen LogP contribution in [0.2, 0.25) is 10.0 Å². The largest absolute Gasteiger partial charge is 0.493 e. The molecule has 244 valence electrons. The van der Waals surface area contributed by atoms with Gasteiger partial charge >= 0.3 is 6.03 Å². The molecule has 1 fully saturated rings. The summed E-state index contributed by atoms with van der Waals surface area (Å²) in [7, 11) is 2.52. The van der Waals surface area contributed by atoms with Crippen LogP contribution in [0, 0.1) is 0 Å². The Morgan fingerprint density at radius 1 is 0.935 bits per heavy atom. The standard InChI is InChI=1S/C34H39Cl2N5O4S/c1-5-45-29-15-10-25(33(42)38(2)3)22-28(29)32-37-30(23-6-11-26(35)12-7-23)31(24-8-13-27(36)14-9-24)41(32)34(43)40-18-16-39(17-19-40)20-21-46(4)44/h6-15,22,30-31H,5,16-21H2,1-4H3/t30-,31+,46?/m0/s1. The van der Waals surface area contributed by atoms with Gasteiger partial charge < -0.3 is 14.5 Å². The molecule has 0 saturated carbocycles. The Labute approximate surface area is 283 Å². The molecule has 46 heavy (non-hydrogen) atoms. The van der Waals surface area contributed by atoms with Crippen molar-refractivity contribution >= 4 is 51.8 Å². The molecule has 2 aliphatic rings. The molecule has 0 N–H and O–H groups in total. The van der Waals surface area contributed by atoms with Crippen molar-refractivity contribution in [3.63, 3.8) is 0 Å². The molecule has 3 aromatic carbocycles. The van der Waals surface area contributed by atoms with Gasteiger partial charge in [0.2, 0.25) is 0 Å². The van der Waals surface area contributed by atoms with Crippen LogP contribution in [-0.4, -0.2) is 107 Å². The summed E-state index contributed by atoms with van der Waals surface area (Å²) in [5, 5.41) is 1.18. The summed E-state index contributed by atoms with van der Waals surface area (Å²) in [5.74, 6) is 1.37. The van der Waals surface area contributed by atoms with Gasteiger partial charge in [-0.15, -0.1) is 0 Å². The topological polar surface area (TPSA) is 85.8 Å². The van der Waals surface area contributed by atoms with E-state index in [-0.39, 0.29) is 11.9 Å². The predicted octanol–water partition coefficient (Wildman–Crippen LogP) is 5.75. The molecule has 1 saturated heterocycles. The van der Waals surface area contributed by atoms with E-state index in [9.17, 15) is 13.8 Å². The Morgan fingerprint density at radius 3 is 2.11 bits per heavy atom. The van der Waals surface area contributed by atoms with E-state index in [1.54, 1.807) is 43.5 Å². The molecular weight excluding hydrogens is 645 g/mol. The minimum Gasteiger partial charge on any atom is -0.493 e. The molecule has 0 bridgehead atoms. The second-order valence-corrected chi connectivity index (χ2v) is 14.0. The van der Waals surface area contributed by atoms with Gasteiger partial charge in [0.25, 0.3) is 5.91 Å². The Morgan fingerprint density at radius 2 is 1.54 bits per heavy atom. The summed E-state index contributed by atoms with van der Waals surface area (Å²) in [6, 6.07) is 19.0. The van der Waals surface area contributed by atoms with Crippen molar-refractivity contribution < 1.29 is 18.5 Å². The molecule has 0 radical (unpaired) electrons. The Kier molecular flexibility index (Phi) is 11.0. The van der Waals surface area contributed by atoms with E-state index in [0.717, 1.165) is 17.7 Å². The fraction of sp³-hybridized carbons (Fsp3) is 0.382. The van der Waals surface area contributed by atoms with E-state index in [1.165, 1.54) is 4.90 Å². The van der Waals surface area contributed by atoms with E-state index >= 15 is 0 Å². The van der Waals surface area contributed by atoms with E-state index in [2.05, 4.69) is 4.90 Å². The maximum atomic E-state index is 14.8. The van der Waals surface area contributed by atoms with Gasteiger partial charge in [-0.05, 0) is 60.5 Å². The summed E-state index contributed by atoms with van der Waals surface area (Å²) in [4.78, 5) is 40.5. The first-order chi connectivity index (χ1) is 22.1. The maximum absolute atomic E-state index is 14.8. The number of carbonyl (C=O) groups is 2. The van der Waals surface area contributed by atoms with Gasteiger partial charge in [0.1, 0.15) is 17.6 Å². The third kappa shape index (κ3) is 7.57. The molecule has 0 spiro atoms. The fourth-order valence-corrected chi connectivity index (χ4v) is 6.57. The molecule has 3 atom stereocenters. The minimum absolute atomic E-state index is 0.173. The molecule has 3 amide bonds. The maximum Gasteiger partial charge on any atom is 0.326 e. The number of rotatable bonds is 9. The van der Waals surface area contributed by atoms with Gasteiger partial charge in [-0.25, -0.2) is 4.79 Å². The summed E-state index contributed by atoms with van der Waals surface area (Å²) in [6.45, 7) is 5.37. The van der Waals surface area contributed by atoms with Gasteiger partial charge in [0.15, 0.2) is 0 Å². The molecule has 0 aliphatic carbocycles. The summed E-state index contributed by atoms with van der Waals surface area (Å²) >= 11 is 12.6. The van der Waals surface area contributed by atoms with Gasteiger partial charge in [-0.2, -0.15) is 0 Å². The number of piperazine rings is 1. The molecule has 5 rings (SSSR count). The second kappa shape index (κ2) is 15.0. The lowest BCUT2D eigenvalue weighted by Crippen LogP contribution is -2.54. The van der Waals surface area contributed by atoms with Crippen molar-refractivity contribution in [1.29, 1.82) is 0 Å². The zero-order valence-corrected chi connectivity index (χ0v) is 28.8. The highest BCUT2D eigenvalue weighted by Crippen LogP contribution is 2.45. The number of hydrogen-bond donors (Lipinski definition) is 0. The van der Waals surface area contributed by atoms with Crippen molar-refractivity contribution in [1.82, 2.24) is 19.6 Å². The lowest BCUT2D eigenvalue weighted by molar-refractivity contribution is 0.0827. The monoisotopic (exact) mass is 683 g/mol. The molecule has 1 unspecified atom stereocenters. The summed E-state index contributed by atoms with van der Waals surface area (Å²) in [5.41, 5.74) is 2.76. The van der Waals surface area contributed by atoms with Gasteiger partial charge in [0.05, 0.1) is 18.2 Å². The molecule has 12 heteroatoms. The van der Waals surface area contributed by atoms with E-state index < -0.39 is 22.9 Å². The third-order valence-corrected chi connectivity index (χ3v) is 9.47. The molecular formula is C34H39Cl2N5O4S. The van der Waals surface area contributed by atoms with Crippen LogP contribution in [0.5, 0.6) is 5.75 Å². The number of halogens is 2. The first-order valence-corrected chi connectivity index (χ1v) is 17.7. The van der Waals surface area contributed by atoms with Crippen LogP contribution >= 0.6 is 23.2 Å². The molecule has 2 aliphatic heterocycles. The minimum atomic E-state index is -0.880. The Hall–Kier alpha value is -3.44. The number of carbonyl (C=O) groups excluding carboxylic acids is 2. The highest BCUT2D eigenvalue weighted by Gasteiger charge is 2.45. The number of benzene rings is 3. The average molecular weight is 685 g/mol. The number of urea groups is 1. The zero-order chi connectivity index (χ0) is 33.0. The predicted molar refractivity (Wildman–Crippen MR) is 185 cm³/mol. The van der Waals surface area contributed by atoms with Crippen LogP contribution in [0.4, 0.5) is 4.79 Å². The van der Waals surface area contributed by atoms with Crippen LogP contribution in [0.1, 0.15) is 46.1 Å². The highest BCUT2D eigenvalue weighted by atomic mass is 35.5. The number of aliphatic imine (C=N–C) groups is 1. The number of amides is 3. The van der Waals surface area contributed by atoms with Gasteiger partial charge in [-0.1, -0.05) is 47.5 Å². The lowest BCUT2D eigenvalue weighted by Gasteiger charge is -2.39. The normalized spacial score (nSPS) is 19.1. The highest BCUT2D eigenvalue weighted by molar-refractivity contribution is 7.84. The first kappa shape index (κ1) is 33.9. The fourth-order valence-electron chi connectivity index (χ4n) is 5.80. The van der Waals surface area contributed by atoms with Crippen molar-refractivity contribution in [2.24, 2.45) is 4.99 Å². The lowest BCUT2D eigenvalue weighted by atomic mass is 9.93. The Balaban J connectivity index is 1.64. The van der Waals surface area contributed by atoms with Gasteiger partial charge in [0, 0.05) is 85.2 Å². The van der Waals surface area contributed by atoms with Crippen LogP contribution in [0.15, 0.2) is 71.7 Å². The third-order valence-electron chi connectivity index (χ3n) is 8.21. The average Bonchev–Trinajstić information content (AvgIpc) is 3.44. The number of hydrogen-bond acceptors (Lipinski definition) is 6. The first-order valence-electron chi connectivity index (χ1n) is 15.3. The van der Waals surface area contributed by atoms with Crippen LogP contribution in [0.25, 0.3) is 0 Å². The van der Waals surface area contributed by atoms with Crippen molar-refractivity contribution in [2.75, 3.05) is 65.4 Å². The second-order valence-electron chi connectivity index (χ2n) is 11.5. The van der Waals surface area contributed by atoms with Crippen LogP contribution in [-0.2, 0) is 10.8 Å². The molecule has 9 nitrogen and oxygen atoms in total. The SMILES string of the molecule is CCOc1ccc(C(=O)N(C)C)cc1C1=N[C@@H](c2ccc(Cl)cc2)[C@@H](c2ccc(Cl)cc2)N1C(=O)N1CCN(CCS(C)=O)CC1. The van der Waals surface area contributed by atoms with E-state index in [1.807, 2.05) is 60.4 Å². The molecule has 3 aromatic rings. The van der Waals surface area contributed by atoms with E-state index in [4.69, 9.17) is 32.9 Å². The number of ether oxygens (including phenoxy) is 1. The number of nitrogens with zero attached hydrogens (tertiary/aromatic N) is 5. The summed E-state index contributed by atoms with van der Waals surface area (Å²) in [6.07, 6.45) is 1.71. The van der Waals surface area contributed by atoms with Crippen molar-refractivity contribution in [3.8, 4) is 5.75 Å². The molecule has 2 heterocycles. The summed E-state index contributed by atoms with van der Waals surface area (Å²) < 4.78 is 17.8. The molecule has 0 aromatic heterocycles. The van der Waals surface area contributed by atoms with E-state index in [0.29, 0.717) is 71.3 Å². The van der Waals surface area contributed by atoms with Crippen molar-refractivity contribution in [2.45, 2.75) is 19.0 Å². The Bertz CT molecular complexity index is 1610. The van der Waals surface area contributed by atoms with Crippen molar-refractivity contribution in [3.05, 3.63) is 99.0 Å². The quantitative estimate of drug-likeness (QED) is 0.287. The zero-order valence-electron chi connectivity index (χ0n) is 26.5. The van der Waals surface area contributed by atoms with Crippen LogP contribution in [0.3, 0.4) is 0 Å². The smallest absolute Gasteiger partial charge is 0.326 e.